The van der Waals surface area contributed by atoms with Gasteiger partial charge in [0.25, 0.3) is 0 Å². The van der Waals surface area contributed by atoms with E-state index in [0.29, 0.717) is 0 Å². The van der Waals surface area contributed by atoms with E-state index >= 15 is 0 Å². The Labute approximate surface area is 68.2 Å². The second-order valence-corrected chi connectivity index (χ2v) is 3.53. The molecule has 0 aliphatic carbocycles. The zero-order chi connectivity index (χ0) is 9.71. The fourth-order valence-corrected chi connectivity index (χ4v) is 0. The largest absolute Gasteiger partial charge is 0.326 e. The van der Waals surface area contributed by atoms with Crippen LogP contribution in [-0.2, 0) is 0 Å². The van der Waals surface area contributed by atoms with Crippen molar-refractivity contribution in [2.24, 2.45) is 5.73 Å². The summed E-state index contributed by atoms with van der Waals surface area (Å²) in [4.78, 5) is 0. The Morgan fingerprint density at radius 2 is 1.45 bits per heavy atom. The summed E-state index contributed by atoms with van der Waals surface area (Å²) in [5, 5.41) is 0. The highest BCUT2D eigenvalue weighted by Crippen LogP contribution is 1.99. The third-order valence-corrected chi connectivity index (χ3v) is 0.911. The molecule has 0 aromatic carbocycles. The van der Waals surface area contributed by atoms with Crippen molar-refractivity contribution in [2.45, 2.75) is 32.7 Å². The first-order valence-electron chi connectivity index (χ1n) is 2.98. The monoisotopic (exact) mass is 187 g/mol. The van der Waals surface area contributed by atoms with Crippen LogP contribution >= 0.6 is 0 Å². The molecule has 11 heavy (non-hydrogen) atoms. The molecule has 0 saturated heterocycles. The zero-order valence-electron chi connectivity index (χ0n) is 6.83. The van der Waals surface area contributed by atoms with E-state index < -0.39 is 10.2 Å². The Morgan fingerprint density at radius 3 is 1.45 bits per heavy atom. The maximum Gasteiger partial charge on any atom is 0.0777 e. The lowest BCUT2D eigenvalue weighted by molar-refractivity contribution is -1.92. The summed E-state index contributed by atoms with van der Waals surface area (Å²) in [6.45, 7) is 6.12. The molecule has 0 rings (SSSR count). The van der Waals surface area contributed by atoms with Crippen molar-refractivity contribution in [1.82, 2.24) is 0 Å². The number of hydrogen-bond acceptors (Lipinski definition) is 5. The number of nitrogens with two attached hydrogens (primary N) is 1. The molecule has 0 unspecified atom stereocenters. The average molecular weight is 188 g/mol. The Bertz CT molecular complexity index is 89.6. The van der Waals surface area contributed by atoms with Gasteiger partial charge in [-0.3, -0.25) is 0 Å². The van der Waals surface area contributed by atoms with Crippen LogP contribution < -0.4 is 19.7 Å². The highest BCUT2D eigenvalue weighted by Gasteiger charge is 2.03. The summed E-state index contributed by atoms with van der Waals surface area (Å²) in [6, 6.07) is 0. The van der Waals surface area contributed by atoms with Gasteiger partial charge in [-0.15, -0.1) is 0 Å². The van der Waals surface area contributed by atoms with Crippen LogP contribution in [0, 0.1) is 10.2 Å². The molecular weight excluding hydrogens is 174 g/mol. The van der Waals surface area contributed by atoms with Crippen molar-refractivity contribution in [3.63, 3.8) is 0 Å². The van der Waals surface area contributed by atoms with Crippen LogP contribution in [0.1, 0.15) is 27.2 Å². The highest BCUT2D eigenvalue weighted by molar-refractivity contribution is 4.66. The van der Waals surface area contributed by atoms with Gasteiger partial charge in [0.05, 0.1) is 14.9 Å². The Hall–Kier alpha value is 0.0900. The minimum absolute atomic E-state index is 0.0417. The number of halogens is 1. The SMILES string of the molecule is CCC(C)(C)N.[O-][Cl+3]([O-])([O-])O. The standard InChI is InChI=1S/C5H13N.ClHO4/c1-4-5(2,3)6;2-1(3,4)5/h4,6H2,1-3H3;(H,2,3,4,5). The first-order valence-corrected chi connectivity index (χ1v) is 4.25. The van der Waals surface area contributed by atoms with E-state index in [2.05, 4.69) is 6.92 Å². The molecule has 0 amide bonds. The smallest absolute Gasteiger partial charge is 0.0777 e. The minimum Gasteiger partial charge on any atom is -0.326 e. The van der Waals surface area contributed by atoms with E-state index in [9.17, 15) is 0 Å². The molecule has 3 N–H and O–H groups in total. The first kappa shape index (κ1) is 13.7. The molecule has 70 valence electrons. The van der Waals surface area contributed by atoms with E-state index in [1.807, 2.05) is 13.8 Å². The fraction of sp³-hybridized carbons (Fsp3) is 1.00. The molecule has 0 spiro atoms. The molecule has 5 nitrogen and oxygen atoms in total. The molecule has 0 radical (unpaired) electrons. The van der Waals surface area contributed by atoms with E-state index in [1.54, 1.807) is 0 Å². The lowest BCUT2D eigenvalue weighted by Gasteiger charge is -2.13. The van der Waals surface area contributed by atoms with Crippen molar-refractivity contribution in [1.29, 1.82) is 0 Å². The summed E-state index contributed by atoms with van der Waals surface area (Å²) in [5.74, 6) is 0. The van der Waals surface area contributed by atoms with Crippen LogP contribution in [0.5, 0.6) is 0 Å². The molecule has 0 bridgehead atoms. The maximum atomic E-state index is 8.60. The second kappa shape index (κ2) is 4.87. The maximum absolute atomic E-state index is 8.60. The van der Waals surface area contributed by atoms with Gasteiger partial charge in [-0.1, -0.05) is 6.92 Å². The predicted molar refractivity (Wildman–Crippen MR) is 30.8 cm³/mol. The third kappa shape index (κ3) is 69.2. The van der Waals surface area contributed by atoms with Crippen LogP contribution in [0.2, 0.25) is 0 Å². The lowest BCUT2D eigenvalue weighted by Crippen LogP contribution is -2.58. The van der Waals surface area contributed by atoms with E-state index in [0.717, 1.165) is 6.42 Å². The number of hydrogen-bond donors (Lipinski definition) is 2. The molecule has 0 atom stereocenters. The third-order valence-electron chi connectivity index (χ3n) is 0.911. The Balaban J connectivity index is 0. The van der Waals surface area contributed by atoms with Crippen LogP contribution in [-0.4, -0.2) is 10.2 Å². The Morgan fingerprint density at radius 1 is 1.36 bits per heavy atom. The predicted octanol–water partition coefficient (Wildman–Crippen LogP) is -2.99. The molecule has 6 heteroatoms. The summed E-state index contributed by atoms with van der Waals surface area (Å²) in [7, 11) is -4.69. The van der Waals surface area contributed by atoms with Gasteiger partial charge in [-0.2, -0.15) is 14.0 Å². The van der Waals surface area contributed by atoms with Gasteiger partial charge < -0.3 is 5.73 Å². The van der Waals surface area contributed by atoms with Crippen LogP contribution in [0.3, 0.4) is 0 Å². The van der Waals surface area contributed by atoms with Gasteiger partial charge in [0.15, 0.2) is 0 Å². The van der Waals surface area contributed by atoms with Crippen molar-refractivity contribution < 1.29 is 28.9 Å². The Kier molecular flexibility index (Phi) is 6.04. The topological polar surface area (TPSA) is 115 Å². The van der Waals surface area contributed by atoms with Gasteiger partial charge in [-0.05, 0) is 20.3 Å². The quantitative estimate of drug-likeness (QED) is 0.454. The minimum atomic E-state index is -4.69. The normalized spacial score (nSPS) is 12.0. The molecular formula is C5H14ClNO4. The fourth-order valence-electron chi connectivity index (χ4n) is 0. The summed E-state index contributed by atoms with van der Waals surface area (Å²) >= 11 is 0. The number of rotatable bonds is 1. The van der Waals surface area contributed by atoms with Gasteiger partial charge >= 0.3 is 0 Å². The molecule has 0 aromatic rings. The van der Waals surface area contributed by atoms with Gasteiger partial charge in [-0.25, -0.2) is 0 Å². The summed E-state index contributed by atoms with van der Waals surface area (Å²) in [5.41, 5.74) is 5.58. The van der Waals surface area contributed by atoms with Crippen molar-refractivity contribution >= 4 is 0 Å². The van der Waals surface area contributed by atoms with E-state index in [1.165, 1.54) is 0 Å². The van der Waals surface area contributed by atoms with Gasteiger partial charge in [0.2, 0.25) is 0 Å². The summed E-state index contributed by atoms with van der Waals surface area (Å²) in [6.07, 6.45) is 1.05. The van der Waals surface area contributed by atoms with Gasteiger partial charge in [0, 0.05) is 5.54 Å². The lowest BCUT2D eigenvalue weighted by atomic mass is 10.1. The van der Waals surface area contributed by atoms with E-state index in [4.69, 9.17) is 24.4 Å². The van der Waals surface area contributed by atoms with Crippen LogP contribution in [0.15, 0.2) is 0 Å². The van der Waals surface area contributed by atoms with Crippen molar-refractivity contribution in [3.05, 3.63) is 0 Å². The molecule has 0 aliphatic rings. The molecule has 0 saturated carbocycles. The molecule has 0 heterocycles. The zero-order valence-corrected chi connectivity index (χ0v) is 7.59. The van der Waals surface area contributed by atoms with Crippen LogP contribution in [0.25, 0.3) is 0 Å². The van der Waals surface area contributed by atoms with Gasteiger partial charge in [0.1, 0.15) is 0 Å². The van der Waals surface area contributed by atoms with Crippen molar-refractivity contribution in [2.75, 3.05) is 0 Å². The van der Waals surface area contributed by atoms with E-state index in [-0.39, 0.29) is 5.54 Å². The summed E-state index contributed by atoms with van der Waals surface area (Å²) < 4.78 is 32.7. The van der Waals surface area contributed by atoms with Crippen molar-refractivity contribution in [3.8, 4) is 0 Å². The highest BCUT2D eigenvalue weighted by atomic mass is 35.7. The second-order valence-electron chi connectivity index (χ2n) is 2.74. The molecule has 0 aromatic heterocycles. The first-order chi connectivity index (χ1) is 4.56. The molecule has 0 aliphatic heterocycles. The average Bonchev–Trinajstić information content (AvgIpc) is 1.59. The van der Waals surface area contributed by atoms with Crippen LogP contribution in [0.4, 0.5) is 0 Å². The molecule has 0 fully saturated rings.